The number of rotatable bonds is 4. The van der Waals surface area contributed by atoms with E-state index in [1.54, 1.807) is 0 Å². The Kier molecular flexibility index (Phi) is 6.08. The Morgan fingerprint density at radius 1 is 1.21 bits per heavy atom. The molecule has 0 spiro atoms. The molecular weight excluding hydrogens is 390 g/mol. The fourth-order valence-electron chi connectivity index (χ4n) is 3.20. The molecule has 0 aliphatic carbocycles. The molecule has 0 radical (unpaired) electrons. The Morgan fingerprint density at radius 2 is 1.93 bits per heavy atom. The van der Waals surface area contributed by atoms with E-state index in [-0.39, 0.29) is 35.4 Å². The molecule has 1 fully saturated rings. The lowest BCUT2D eigenvalue weighted by molar-refractivity contribution is -0.137. The Hall–Kier alpha value is -3.06. The summed E-state index contributed by atoms with van der Waals surface area (Å²) in [6.07, 6.45) is -3.58. The topological polar surface area (TPSA) is 81.9 Å². The van der Waals surface area contributed by atoms with E-state index in [0.717, 1.165) is 12.1 Å². The summed E-state index contributed by atoms with van der Waals surface area (Å²) >= 11 is 0. The summed E-state index contributed by atoms with van der Waals surface area (Å²) in [6, 6.07) is 7.29. The van der Waals surface area contributed by atoms with Gasteiger partial charge in [-0.1, -0.05) is 0 Å². The van der Waals surface area contributed by atoms with Crippen LogP contribution in [0.5, 0.6) is 0 Å². The highest BCUT2D eigenvalue weighted by molar-refractivity contribution is 5.91. The number of carbonyl (C=O) groups is 1. The number of piperidine rings is 1. The molecule has 1 aliphatic heterocycles. The van der Waals surface area contributed by atoms with E-state index in [9.17, 15) is 22.4 Å². The van der Waals surface area contributed by atoms with Crippen molar-refractivity contribution in [3.8, 4) is 6.07 Å². The summed E-state index contributed by atoms with van der Waals surface area (Å²) in [7, 11) is 0. The number of carbonyl (C=O) groups excluding carboxylic acids is 1. The third-order valence-electron chi connectivity index (χ3n) is 4.68. The van der Waals surface area contributed by atoms with E-state index >= 15 is 0 Å². The third kappa shape index (κ3) is 5.48. The molecule has 0 unspecified atom stereocenters. The largest absolute Gasteiger partial charge is 0.416 e. The highest BCUT2D eigenvalue weighted by Crippen LogP contribution is 2.31. The molecule has 0 bridgehead atoms. The molecule has 0 saturated carbocycles. The van der Waals surface area contributed by atoms with Gasteiger partial charge in [-0.2, -0.15) is 18.4 Å². The van der Waals surface area contributed by atoms with Crippen LogP contribution in [0.3, 0.4) is 0 Å². The minimum absolute atomic E-state index is 0.141. The number of nitrogens with one attached hydrogen (secondary N) is 1. The first-order valence-electron chi connectivity index (χ1n) is 8.88. The van der Waals surface area contributed by atoms with Gasteiger partial charge >= 0.3 is 6.18 Å². The second-order valence-electron chi connectivity index (χ2n) is 6.80. The fourth-order valence-corrected chi connectivity index (χ4v) is 3.20. The van der Waals surface area contributed by atoms with Crippen LogP contribution in [0, 0.1) is 23.1 Å². The summed E-state index contributed by atoms with van der Waals surface area (Å²) in [5, 5.41) is 18.7. The van der Waals surface area contributed by atoms with Crippen LogP contribution in [0.1, 0.15) is 29.7 Å². The number of aromatic nitrogens is 2. The minimum atomic E-state index is -4.60. The van der Waals surface area contributed by atoms with Gasteiger partial charge in [-0.15, -0.1) is 10.2 Å². The number of nitriles is 1. The number of likely N-dealkylation sites (tertiary alicyclic amines) is 1. The highest BCUT2D eigenvalue weighted by Gasteiger charge is 2.32. The van der Waals surface area contributed by atoms with E-state index in [0.29, 0.717) is 32.0 Å². The van der Waals surface area contributed by atoms with Crippen molar-refractivity contribution in [3.63, 3.8) is 0 Å². The maximum Gasteiger partial charge on any atom is 0.416 e. The van der Waals surface area contributed by atoms with Gasteiger partial charge in [0.25, 0.3) is 0 Å². The molecule has 10 heteroatoms. The van der Waals surface area contributed by atoms with E-state index in [1.165, 1.54) is 12.1 Å². The molecule has 1 aromatic heterocycles. The molecule has 3 rings (SSSR count). The molecule has 2 heterocycles. The number of nitrogens with zero attached hydrogens (tertiary/aromatic N) is 4. The number of halogens is 4. The Bertz CT molecular complexity index is 916. The minimum Gasteiger partial charge on any atom is -0.309 e. The fraction of sp³-hybridized carbons (Fsp3) is 0.368. The zero-order valence-electron chi connectivity index (χ0n) is 15.2. The van der Waals surface area contributed by atoms with Crippen LogP contribution in [0.2, 0.25) is 0 Å². The van der Waals surface area contributed by atoms with Crippen LogP contribution in [0.15, 0.2) is 30.3 Å². The SMILES string of the molecule is N#Cc1ccc(NC(=O)C2CCN(Cc3cc(F)cc(C(F)(F)F)c3)CC2)nn1. The smallest absolute Gasteiger partial charge is 0.309 e. The number of alkyl halides is 3. The number of amides is 1. The number of anilines is 1. The quantitative estimate of drug-likeness (QED) is 0.786. The lowest BCUT2D eigenvalue weighted by Gasteiger charge is -2.31. The zero-order chi connectivity index (χ0) is 21.0. The molecular formula is C19H17F4N5O. The Balaban J connectivity index is 1.54. The molecule has 2 aromatic rings. The third-order valence-corrected chi connectivity index (χ3v) is 4.68. The molecule has 6 nitrogen and oxygen atoms in total. The van der Waals surface area contributed by atoms with E-state index in [1.807, 2.05) is 11.0 Å². The molecule has 1 aromatic carbocycles. The van der Waals surface area contributed by atoms with Crippen molar-refractivity contribution < 1.29 is 22.4 Å². The Labute approximate surface area is 164 Å². The number of hydrogen-bond acceptors (Lipinski definition) is 5. The molecule has 1 amide bonds. The lowest BCUT2D eigenvalue weighted by atomic mass is 9.95. The molecule has 152 valence electrons. The summed E-state index contributed by atoms with van der Waals surface area (Å²) in [5.74, 6) is -1.18. The first-order valence-corrected chi connectivity index (χ1v) is 8.88. The number of benzene rings is 1. The molecule has 1 N–H and O–H groups in total. The van der Waals surface area contributed by atoms with Crippen LogP contribution < -0.4 is 5.32 Å². The normalized spacial score (nSPS) is 15.7. The Morgan fingerprint density at radius 3 is 2.52 bits per heavy atom. The van der Waals surface area contributed by atoms with Crippen LogP contribution in [-0.4, -0.2) is 34.1 Å². The van der Waals surface area contributed by atoms with Gasteiger partial charge < -0.3 is 5.32 Å². The summed E-state index contributed by atoms with van der Waals surface area (Å²) < 4.78 is 52.0. The van der Waals surface area contributed by atoms with Crippen molar-refractivity contribution in [1.29, 1.82) is 5.26 Å². The van der Waals surface area contributed by atoms with Crippen molar-refractivity contribution >= 4 is 11.7 Å². The van der Waals surface area contributed by atoms with Gasteiger partial charge in [-0.05, 0) is 61.8 Å². The van der Waals surface area contributed by atoms with Crippen LogP contribution >= 0.6 is 0 Å². The summed E-state index contributed by atoms with van der Waals surface area (Å²) in [5.41, 5.74) is -0.624. The van der Waals surface area contributed by atoms with Crippen molar-refractivity contribution in [2.45, 2.75) is 25.6 Å². The van der Waals surface area contributed by atoms with Gasteiger partial charge in [-0.3, -0.25) is 9.69 Å². The van der Waals surface area contributed by atoms with E-state index in [2.05, 4.69) is 15.5 Å². The predicted octanol–water partition coefficient (Wildman–Crippen LogP) is 3.36. The average molecular weight is 407 g/mol. The van der Waals surface area contributed by atoms with Crippen LogP contribution in [0.25, 0.3) is 0 Å². The van der Waals surface area contributed by atoms with Gasteiger partial charge in [-0.25, -0.2) is 4.39 Å². The van der Waals surface area contributed by atoms with Gasteiger partial charge in [0.05, 0.1) is 5.56 Å². The maximum atomic E-state index is 13.5. The first kappa shape index (κ1) is 20.7. The van der Waals surface area contributed by atoms with Gasteiger partial charge in [0.15, 0.2) is 11.5 Å². The average Bonchev–Trinajstić information content (AvgIpc) is 2.68. The van der Waals surface area contributed by atoms with Gasteiger partial charge in [0.1, 0.15) is 11.9 Å². The summed E-state index contributed by atoms with van der Waals surface area (Å²) in [4.78, 5) is 14.2. The standard InChI is InChI=1S/C19H17F4N5O/c20-15-8-12(7-14(9-15)19(21,22)23)11-28-5-3-13(4-6-28)18(29)25-17-2-1-16(10-24)26-27-17/h1-2,7-9,13H,3-6,11H2,(H,25,27,29). The van der Waals surface area contributed by atoms with Gasteiger partial charge in [0, 0.05) is 12.5 Å². The van der Waals surface area contributed by atoms with Crippen molar-refractivity contribution in [2.75, 3.05) is 18.4 Å². The first-order chi connectivity index (χ1) is 13.7. The van der Waals surface area contributed by atoms with Crippen LogP contribution in [0.4, 0.5) is 23.4 Å². The van der Waals surface area contributed by atoms with Crippen molar-refractivity contribution in [3.05, 3.63) is 53.0 Å². The molecule has 1 aliphatic rings. The highest BCUT2D eigenvalue weighted by atomic mass is 19.4. The van der Waals surface area contributed by atoms with Gasteiger partial charge in [0.2, 0.25) is 5.91 Å². The monoisotopic (exact) mass is 407 g/mol. The second-order valence-corrected chi connectivity index (χ2v) is 6.80. The lowest BCUT2D eigenvalue weighted by Crippen LogP contribution is -2.38. The van der Waals surface area contributed by atoms with E-state index < -0.39 is 17.6 Å². The molecule has 0 atom stereocenters. The zero-order valence-corrected chi connectivity index (χ0v) is 15.2. The second kappa shape index (κ2) is 8.53. The number of hydrogen-bond donors (Lipinski definition) is 1. The van der Waals surface area contributed by atoms with E-state index in [4.69, 9.17) is 5.26 Å². The maximum absolute atomic E-state index is 13.5. The summed E-state index contributed by atoms with van der Waals surface area (Å²) in [6.45, 7) is 1.17. The van der Waals surface area contributed by atoms with Crippen molar-refractivity contribution in [1.82, 2.24) is 15.1 Å². The van der Waals surface area contributed by atoms with Crippen LogP contribution in [-0.2, 0) is 17.5 Å². The van der Waals surface area contributed by atoms with Crippen molar-refractivity contribution in [2.24, 2.45) is 5.92 Å². The molecule has 1 saturated heterocycles. The molecule has 29 heavy (non-hydrogen) atoms. The predicted molar refractivity (Wildman–Crippen MR) is 94.8 cm³/mol.